The number of benzene rings is 2. The van der Waals surface area contributed by atoms with Crippen LogP contribution < -0.4 is 4.31 Å². The number of ketones is 1. The summed E-state index contributed by atoms with van der Waals surface area (Å²) in [6.45, 7) is 3.25. The summed E-state index contributed by atoms with van der Waals surface area (Å²) in [5.41, 5.74) is 2.76. The summed E-state index contributed by atoms with van der Waals surface area (Å²) in [5.74, 6) is -0.320. The first-order valence-electron chi connectivity index (χ1n) is 8.69. The van der Waals surface area contributed by atoms with E-state index in [9.17, 15) is 17.6 Å². The summed E-state index contributed by atoms with van der Waals surface area (Å²) in [5, 5.41) is 0. The van der Waals surface area contributed by atoms with E-state index in [1.165, 1.54) is 35.5 Å². The number of nitrogens with one attached hydrogen (secondary N) is 1. The van der Waals surface area contributed by atoms with Gasteiger partial charge in [0.2, 0.25) is 10.0 Å². The summed E-state index contributed by atoms with van der Waals surface area (Å²) >= 11 is 0. The Kier molecular flexibility index (Phi) is 5.38. The van der Waals surface area contributed by atoms with E-state index in [-0.39, 0.29) is 12.3 Å². The van der Waals surface area contributed by atoms with Crippen LogP contribution in [0.2, 0.25) is 0 Å². The average molecular weight is 400 g/mol. The minimum atomic E-state index is -3.67. The van der Waals surface area contributed by atoms with E-state index in [1.54, 1.807) is 6.92 Å². The van der Waals surface area contributed by atoms with Crippen molar-refractivity contribution in [1.29, 1.82) is 0 Å². The molecular formula is C21H21FN2O3S. The van der Waals surface area contributed by atoms with Gasteiger partial charge in [0.1, 0.15) is 11.6 Å². The first-order chi connectivity index (χ1) is 13.2. The molecule has 2 aromatic carbocycles. The molecule has 7 heteroatoms. The molecule has 0 aliphatic carbocycles. The number of aromatic amines is 1. The maximum absolute atomic E-state index is 13.4. The predicted molar refractivity (Wildman–Crippen MR) is 108 cm³/mol. The molecule has 1 N–H and O–H groups in total. The van der Waals surface area contributed by atoms with Crippen LogP contribution in [0.3, 0.4) is 0 Å². The summed E-state index contributed by atoms with van der Waals surface area (Å²) in [6.07, 6.45) is 1.12. The van der Waals surface area contributed by atoms with Crippen LogP contribution in [0.4, 0.5) is 10.2 Å². The van der Waals surface area contributed by atoms with Crippen molar-refractivity contribution < 1.29 is 17.6 Å². The van der Waals surface area contributed by atoms with Gasteiger partial charge in [0.05, 0.1) is 12.8 Å². The Bertz CT molecular complexity index is 1100. The average Bonchev–Trinajstić information content (AvgIpc) is 2.97. The first kappa shape index (κ1) is 19.8. The zero-order valence-electron chi connectivity index (χ0n) is 15.9. The Hall–Kier alpha value is -2.93. The lowest BCUT2D eigenvalue weighted by Gasteiger charge is -2.23. The number of aryl methyl sites for hydroxylation is 1. The first-order valence-corrected chi connectivity index (χ1v) is 10.5. The van der Waals surface area contributed by atoms with Crippen molar-refractivity contribution >= 4 is 21.6 Å². The molecule has 1 heterocycles. The molecule has 0 bridgehead atoms. The van der Waals surface area contributed by atoms with Crippen LogP contribution in [0.25, 0.3) is 11.1 Å². The van der Waals surface area contributed by atoms with Crippen LogP contribution in [-0.2, 0) is 16.6 Å². The lowest BCUT2D eigenvalue weighted by molar-refractivity contribution is 0.101. The Morgan fingerprint density at radius 3 is 2.21 bits per heavy atom. The van der Waals surface area contributed by atoms with E-state index in [0.717, 1.165) is 11.8 Å². The number of sulfonamides is 1. The lowest BCUT2D eigenvalue weighted by Crippen LogP contribution is -2.30. The van der Waals surface area contributed by atoms with Gasteiger partial charge in [0.25, 0.3) is 0 Å². The molecule has 0 unspecified atom stereocenters. The second-order valence-electron chi connectivity index (χ2n) is 6.67. The van der Waals surface area contributed by atoms with Crippen molar-refractivity contribution in [2.75, 3.05) is 10.6 Å². The van der Waals surface area contributed by atoms with Crippen molar-refractivity contribution in [2.45, 2.75) is 20.4 Å². The Morgan fingerprint density at radius 2 is 1.68 bits per heavy atom. The molecule has 0 spiro atoms. The second-order valence-corrected chi connectivity index (χ2v) is 8.57. The molecule has 0 aliphatic rings. The fourth-order valence-electron chi connectivity index (χ4n) is 3.24. The largest absolute Gasteiger partial charge is 0.344 e. The minimum absolute atomic E-state index is 0.102. The maximum atomic E-state index is 13.4. The van der Waals surface area contributed by atoms with Gasteiger partial charge in [-0.15, -0.1) is 0 Å². The molecule has 5 nitrogen and oxygen atoms in total. The van der Waals surface area contributed by atoms with Crippen LogP contribution >= 0.6 is 0 Å². The number of halogens is 1. The number of anilines is 1. The summed E-state index contributed by atoms with van der Waals surface area (Å²) in [7, 11) is -3.67. The van der Waals surface area contributed by atoms with Gasteiger partial charge in [-0.2, -0.15) is 0 Å². The number of nitrogens with zero attached hydrogens (tertiary/aromatic N) is 1. The van der Waals surface area contributed by atoms with Gasteiger partial charge >= 0.3 is 0 Å². The molecule has 0 fully saturated rings. The quantitative estimate of drug-likeness (QED) is 0.627. The van der Waals surface area contributed by atoms with Crippen molar-refractivity contribution in [3.8, 4) is 11.1 Å². The van der Waals surface area contributed by atoms with E-state index in [2.05, 4.69) is 4.98 Å². The van der Waals surface area contributed by atoms with Gasteiger partial charge in [-0.1, -0.05) is 42.5 Å². The molecule has 0 saturated carbocycles. The third kappa shape index (κ3) is 3.99. The number of aromatic nitrogens is 1. The van der Waals surface area contributed by atoms with Gasteiger partial charge < -0.3 is 4.98 Å². The van der Waals surface area contributed by atoms with Gasteiger partial charge in [0, 0.05) is 16.8 Å². The molecule has 0 amide bonds. The smallest absolute Gasteiger partial charge is 0.233 e. The van der Waals surface area contributed by atoms with Gasteiger partial charge in [-0.3, -0.25) is 9.10 Å². The molecule has 1 aromatic heterocycles. The highest BCUT2D eigenvalue weighted by molar-refractivity contribution is 7.92. The molecule has 3 aromatic rings. The second kappa shape index (κ2) is 7.59. The van der Waals surface area contributed by atoms with Crippen molar-refractivity contribution in [2.24, 2.45) is 0 Å². The van der Waals surface area contributed by atoms with Crippen LogP contribution in [0, 0.1) is 12.7 Å². The predicted octanol–water partition coefficient (Wildman–Crippen LogP) is 4.30. The van der Waals surface area contributed by atoms with E-state index >= 15 is 0 Å². The number of carbonyl (C=O) groups is 1. The van der Waals surface area contributed by atoms with Crippen molar-refractivity contribution in [3.05, 3.63) is 77.2 Å². The molecule has 0 aliphatic heterocycles. The molecule has 28 heavy (non-hydrogen) atoms. The van der Waals surface area contributed by atoms with Crippen LogP contribution in [0.15, 0.2) is 54.6 Å². The number of rotatable bonds is 6. The topological polar surface area (TPSA) is 70.2 Å². The van der Waals surface area contributed by atoms with E-state index in [4.69, 9.17) is 0 Å². The van der Waals surface area contributed by atoms with Crippen molar-refractivity contribution in [1.82, 2.24) is 4.98 Å². The van der Waals surface area contributed by atoms with Crippen LogP contribution in [0.5, 0.6) is 0 Å². The number of hydrogen-bond donors (Lipinski definition) is 1. The number of carbonyl (C=O) groups excluding carboxylic acids is 1. The summed E-state index contributed by atoms with van der Waals surface area (Å²) in [4.78, 5) is 15.4. The van der Waals surface area contributed by atoms with E-state index < -0.39 is 15.8 Å². The van der Waals surface area contributed by atoms with Crippen molar-refractivity contribution in [3.63, 3.8) is 0 Å². The minimum Gasteiger partial charge on any atom is -0.344 e. The zero-order valence-corrected chi connectivity index (χ0v) is 16.7. The van der Waals surface area contributed by atoms with Gasteiger partial charge in [-0.05, 0) is 37.1 Å². The fourth-order valence-corrected chi connectivity index (χ4v) is 4.10. The van der Waals surface area contributed by atoms with Crippen LogP contribution in [0.1, 0.15) is 28.5 Å². The molecule has 0 radical (unpaired) electrons. The molecule has 0 saturated heterocycles. The third-order valence-corrected chi connectivity index (χ3v) is 5.58. The van der Waals surface area contributed by atoms with E-state index in [1.807, 2.05) is 30.3 Å². The van der Waals surface area contributed by atoms with Gasteiger partial charge in [-0.25, -0.2) is 12.8 Å². The zero-order chi connectivity index (χ0) is 20.5. The third-order valence-electron chi connectivity index (χ3n) is 4.47. The number of hydrogen-bond acceptors (Lipinski definition) is 3. The molecule has 146 valence electrons. The normalized spacial score (nSPS) is 11.4. The monoisotopic (exact) mass is 400 g/mol. The molecule has 0 atom stereocenters. The summed E-state index contributed by atoms with van der Waals surface area (Å²) < 4.78 is 39.9. The Morgan fingerprint density at radius 1 is 1.07 bits per heavy atom. The number of Topliss-reactive ketones (excluding diaryl/α,β-unsaturated/α-hetero) is 1. The highest BCUT2D eigenvalue weighted by atomic mass is 32.2. The van der Waals surface area contributed by atoms with Crippen LogP contribution in [-0.4, -0.2) is 25.4 Å². The highest BCUT2D eigenvalue weighted by Gasteiger charge is 2.28. The number of H-pyrrole nitrogens is 1. The Labute approximate surface area is 163 Å². The molecular weight excluding hydrogens is 379 g/mol. The lowest BCUT2D eigenvalue weighted by atomic mass is 9.99. The SMILES string of the molecule is CC(=O)c1c(C)[nH]c(N(Cc2ccccc2)S(C)(=O)=O)c1-c1ccc(F)cc1. The van der Waals surface area contributed by atoms with Gasteiger partial charge in [0.15, 0.2) is 5.78 Å². The maximum Gasteiger partial charge on any atom is 0.233 e. The van der Waals surface area contributed by atoms with E-state index in [0.29, 0.717) is 28.2 Å². The fraction of sp³-hybridized carbons (Fsp3) is 0.190. The standard InChI is InChI=1S/C21H21FN2O3S/c1-14-19(15(2)25)20(17-9-11-18(22)12-10-17)21(23-14)24(28(3,26)27)13-16-7-5-4-6-8-16/h4-12,23H,13H2,1-3H3. The highest BCUT2D eigenvalue weighted by Crippen LogP contribution is 2.38. The summed E-state index contributed by atoms with van der Waals surface area (Å²) in [6, 6.07) is 14.8. The Balaban J connectivity index is 2.24. The molecule has 3 rings (SSSR count).